The first-order chi connectivity index (χ1) is 16.1. The lowest BCUT2D eigenvalue weighted by Gasteiger charge is -2.38. The highest BCUT2D eigenvalue weighted by atomic mass is 19.4. The Bertz CT molecular complexity index is 1180. The molecule has 1 aliphatic heterocycles. The van der Waals surface area contributed by atoms with Gasteiger partial charge in [-0.3, -0.25) is 19.8 Å². The quantitative estimate of drug-likeness (QED) is 0.660. The summed E-state index contributed by atoms with van der Waals surface area (Å²) in [5.41, 5.74) is 2.50. The van der Waals surface area contributed by atoms with Gasteiger partial charge in [-0.2, -0.15) is 13.2 Å². The molecule has 1 heterocycles. The van der Waals surface area contributed by atoms with E-state index in [0.717, 1.165) is 17.1 Å². The monoisotopic (exact) mass is 472 g/mol. The van der Waals surface area contributed by atoms with Gasteiger partial charge in [-0.05, 0) is 49.2 Å². The topological polar surface area (TPSA) is 81.8 Å². The number of amides is 3. The SMILES string of the molecule is CN(C)c1ccc(C(F)(F)F)cc1NC(=O)c1cccc(N2NC(=O)C3CC=CCC3C2=O)c1. The second kappa shape index (κ2) is 8.85. The van der Waals surface area contributed by atoms with Gasteiger partial charge >= 0.3 is 6.18 Å². The van der Waals surface area contributed by atoms with Crippen LogP contribution in [0.2, 0.25) is 0 Å². The summed E-state index contributed by atoms with van der Waals surface area (Å²) in [5, 5.41) is 3.67. The Morgan fingerprint density at radius 2 is 1.76 bits per heavy atom. The number of fused-ring (bicyclic) bond motifs is 1. The van der Waals surface area contributed by atoms with E-state index in [2.05, 4.69) is 10.7 Å². The summed E-state index contributed by atoms with van der Waals surface area (Å²) in [6, 6.07) is 9.11. The Morgan fingerprint density at radius 1 is 1.06 bits per heavy atom. The Kier molecular flexibility index (Phi) is 6.07. The van der Waals surface area contributed by atoms with Crippen LogP contribution in [-0.4, -0.2) is 31.8 Å². The molecule has 2 atom stereocenters. The van der Waals surface area contributed by atoms with Gasteiger partial charge in [0.2, 0.25) is 11.8 Å². The van der Waals surface area contributed by atoms with Crippen LogP contribution in [0.4, 0.5) is 30.2 Å². The normalized spacial score (nSPS) is 20.0. The fraction of sp³-hybridized carbons (Fsp3) is 0.292. The van der Waals surface area contributed by atoms with Gasteiger partial charge in [-0.25, -0.2) is 5.01 Å². The molecule has 2 aromatic carbocycles. The zero-order valence-corrected chi connectivity index (χ0v) is 18.5. The highest BCUT2D eigenvalue weighted by molar-refractivity contribution is 6.08. The number of nitrogens with one attached hydrogen (secondary N) is 2. The molecule has 1 saturated heterocycles. The van der Waals surface area contributed by atoms with Crippen LogP contribution in [0.5, 0.6) is 0 Å². The Labute approximate surface area is 194 Å². The largest absolute Gasteiger partial charge is 0.416 e. The molecule has 1 fully saturated rings. The van der Waals surface area contributed by atoms with E-state index in [1.807, 2.05) is 12.2 Å². The number of benzene rings is 2. The Balaban J connectivity index is 1.60. The fourth-order valence-corrected chi connectivity index (χ4v) is 4.17. The fourth-order valence-electron chi connectivity index (χ4n) is 4.17. The molecule has 4 rings (SSSR count). The molecule has 1 aliphatic carbocycles. The second-order valence-electron chi connectivity index (χ2n) is 8.43. The molecule has 2 aliphatic rings. The van der Waals surface area contributed by atoms with E-state index in [-0.39, 0.29) is 28.8 Å². The number of anilines is 3. The van der Waals surface area contributed by atoms with Crippen molar-refractivity contribution in [2.45, 2.75) is 19.0 Å². The molecule has 0 radical (unpaired) electrons. The molecule has 0 saturated carbocycles. The number of carbonyl (C=O) groups excluding carboxylic acids is 3. The summed E-state index contributed by atoms with van der Waals surface area (Å²) in [6.45, 7) is 0. The predicted octanol–water partition coefficient (Wildman–Crippen LogP) is 3.98. The number of halogens is 3. The van der Waals surface area contributed by atoms with Crippen molar-refractivity contribution < 1.29 is 27.6 Å². The molecule has 0 aromatic heterocycles. The third-order valence-corrected chi connectivity index (χ3v) is 5.95. The molecule has 10 heteroatoms. The van der Waals surface area contributed by atoms with Crippen molar-refractivity contribution >= 4 is 34.8 Å². The first-order valence-electron chi connectivity index (χ1n) is 10.7. The van der Waals surface area contributed by atoms with Crippen molar-refractivity contribution in [1.29, 1.82) is 0 Å². The first-order valence-corrected chi connectivity index (χ1v) is 10.7. The van der Waals surface area contributed by atoms with Crippen LogP contribution in [0.25, 0.3) is 0 Å². The minimum atomic E-state index is -4.57. The number of rotatable bonds is 4. The van der Waals surface area contributed by atoms with Crippen LogP contribution in [0.3, 0.4) is 0 Å². The van der Waals surface area contributed by atoms with Crippen molar-refractivity contribution in [3.8, 4) is 0 Å². The predicted molar refractivity (Wildman–Crippen MR) is 121 cm³/mol. The average molecular weight is 472 g/mol. The maximum atomic E-state index is 13.2. The highest BCUT2D eigenvalue weighted by Crippen LogP contribution is 2.36. The van der Waals surface area contributed by atoms with Crippen LogP contribution in [0.1, 0.15) is 28.8 Å². The lowest BCUT2D eigenvalue weighted by Crippen LogP contribution is -2.59. The van der Waals surface area contributed by atoms with E-state index in [9.17, 15) is 27.6 Å². The smallest absolute Gasteiger partial charge is 0.376 e. The molecule has 0 bridgehead atoms. The molecule has 178 valence electrons. The zero-order chi connectivity index (χ0) is 24.6. The Morgan fingerprint density at radius 3 is 2.44 bits per heavy atom. The highest BCUT2D eigenvalue weighted by Gasteiger charge is 2.42. The maximum absolute atomic E-state index is 13.2. The summed E-state index contributed by atoms with van der Waals surface area (Å²) in [6.07, 6.45) is 0.130. The van der Waals surface area contributed by atoms with Gasteiger partial charge in [0, 0.05) is 19.7 Å². The zero-order valence-electron chi connectivity index (χ0n) is 18.5. The van der Waals surface area contributed by atoms with E-state index in [0.29, 0.717) is 18.5 Å². The molecular formula is C24H23F3N4O3. The van der Waals surface area contributed by atoms with Gasteiger partial charge in [0.15, 0.2) is 0 Å². The molecule has 0 spiro atoms. The van der Waals surface area contributed by atoms with E-state index in [1.165, 1.54) is 24.3 Å². The molecule has 2 N–H and O–H groups in total. The number of allylic oxidation sites excluding steroid dienone is 2. The number of nitrogens with zero attached hydrogens (tertiary/aromatic N) is 2. The van der Waals surface area contributed by atoms with Crippen molar-refractivity contribution in [3.63, 3.8) is 0 Å². The molecule has 34 heavy (non-hydrogen) atoms. The summed E-state index contributed by atoms with van der Waals surface area (Å²) in [4.78, 5) is 40.0. The van der Waals surface area contributed by atoms with Crippen LogP contribution in [-0.2, 0) is 15.8 Å². The van der Waals surface area contributed by atoms with Crippen LogP contribution >= 0.6 is 0 Å². The lowest BCUT2D eigenvalue weighted by atomic mass is 9.80. The van der Waals surface area contributed by atoms with Crippen molar-refractivity contribution in [2.24, 2.45) is 11.8 Å². The minimum Gasteiger partial charge on any atom is -0.376 e. The average Bonchev–Trinajstić information content (AvgIpc) is 2.80. The van der Waals surface area contributed by atoms with Gasteiger partial charge in [0.05, 0.1) is 34.5 Å². The Hall–Kier alpha value is -3.82. The number of hydrazine groups is 1. The molecule has 2 aromatic rings. The number of alkyl halides is 3. The standard InChI is InChI=1S/C24H23F3N4O3/c1-30(2)20-11-10-15(24(25,26)27)13-19(20)28-21(32)14-6-5-7-16(12-14)31-23(34)18-9-4-3-8-17(18)22(33)29-31/h3-7,10-13,17-18H,8-9H2,1-2H3,(H,28,32)(H,29,33). The summed E-state index contributed by atoms with van der Waals surface area (Å²) < 4.78 is 39.6. The van der Waals surface area contributed by atoms with Gasteiger partial charge in [0.1, 0.15) is 0 Å². The van der Waals surface area contributed by atoms with E-state index >= 15 is 0 Å². The molecular weight excluding hydrogens is 449 g/mol. The first kappa shape index (κ1) is 23.3. The summed E-state index contributed by atoms with van der Waals surface area (Å²) >= 11 is 0. The third kappa shape index (κ3) is 4.48. The summed E-state index contributed by atoms with van der Waals surface area (Å²) in [5.74, 6) is -2.12. The lowest BCUT2D eigenvalue weighted by molar-refractivity contribution is -0.140. The van der Waals surface area contributed by atoms with Gasteiger partial charge in [0.25, 0.3) is 5.91 Å². The molecule has 7 nitrogen and oxygen atoms in total. The van der Waals surface area contributed by atoms with Crippen LogP contribution in [0.15, 0.2) is 54.6 Å². The number of hydrogen-bond donors (Lipinski definition) is 2. The van der Waals surface area contributed by atoms with Gasteiger partial charge < -0.3 is 10.2 Å². The van der Waals surface area contributed by atoms with Crippen molar-refractivity contribution in [1.82, 2.24) is 5.43 Å². The van der Waals surface area contributed by atoms with Crippen LogP contribution < -0.4 is 20.7 Å². The summed E-state index contributed by atoms with van der Waals surface area (Å²) in [7, 11) is 3.30. The second-order valence-corrected chi connectivity index (χ2v) is 8.43. The van der Waals surface area contributed by atoms with E-state index in [1.54, 1.807) is 25.1 Å². The number of carbonyl (C=O) groups is 3. The number of hydrogen-bond acceptors (Lipinski definition) is 4. The van der Waals surface area contributed by atoms with Crippen molar-refractivity contribution in [2.75, 3.05) is 29.3 Å². The maximum Gasteiger partial charge on any atom is 0.416 e. The van der Waals surface area contributed by atoms with Gasteiger partial charge in [-0.15, -0.1) is 0 Å². The third-order valence-electron chi connectivity index (χ3n) is 5.95. The molecule has 3 amide bonds. The van der Waals surface area contributed by atoms with E-state index < -0.39 is 29.5 Å². The van der Waals surface area contributed by atoms with Crippen LogP contribution in [0, 0.1) is 11.8 Å². The van der Waals surface area contributed by atoms with Crippen molar-refractivity contribution in [3.05, 3.63) is 65.7 Å². The molecule has 2 unspecified atom stereocenters. The van der Waals surface area contributed by atoms with Gasteiger partial charge in [-0.1, -0.05) is 18.2 Å². The van der Waals surface area contributed by atoms with E-state index in [4.69, 9.17) is 0 Å². The minimum absolute atomic E-state index is 0.00517.